The van der Waals surface area contributed by atoms with Crippen molar-refractivity contribution in [1.82, 2.24) is 9.97 Å². The van der Waals surface area contributed by atoms with Gasteiger partial charge in [0.05, 0.1) is 17.1 Å². The van der Waals surface area contributed by atoms with E-state index >= 15 is 0 Å². The van der Waals surface area contributed by atoms with Gasteiger partial charge in [-0.05, 0) is 65.8 Å². The highest BCUT2D eigenvalue weighted by Gasteiger charge is 2.46. The molecule has 0 spiro atoms. The molecule has 4 aromatic rings. The maximum atomic E-state index is 12.6. The molecule has 0 aliphatic heterocycles. The quantitative estimate of drug-likeness (QED) is 0.310. The van der Waals surface area contributed by atoms with Gasteiger partial charge < -0.3 is 10.1 Å². The van der Waals surface area contributed by atoms with Gasteiger partial charge in [0.1, 0.15) is 5.82 Å². The topological polar surface area (TPSA) is 95.1 Å². The number of hydrogen-bond acceptors (Lipinski definition) is 4. The first-order valence-corrected chi connectivity index (χ1v) is 12.5. The van der Waals surface area contributed by atoms with Gasteiger partial charge in [0, 0.05) is 11.6 Å². The molecule has 1 fully saturated rings. The van der Waals surface area contributed by atoms with Gasteiger partial charge in [-0.2, -0.15) is 21.6 Å². The molecule has 35 heavy (non-hydrogen) atoms. The number of anilines is 1. The molecule has 5 rings (SSSR count). The van der Waals surface area contributed by atoms with Gasteiger partial charge in [-0.1, -0.05) is 42.5 Å². The van der Waals surface area contributed by atoms with Crippen molar-refractivity contribution in [2.45, 2.75) is 36.8 Å². The van der Waals surface area contributed by atoms with Crippen LogP contribution < -0.4 is 4.72 Å². The molecule has 3 N–H and O–H groups in total. The van der Waals surface area contributed by atoms with Crippen LogP contribution in [0.1, 0.15) is 48.2 Å². The summed E-state index contributed by atoms with van der Waals surface area (Å²) in [6.45, 7) is 1.73. The average molecular weight is 502 g/mol. The Bertz CT molecular complexity index is 1500. The molecule has 182 valence electrons. The van der Waals surface area contributed by atoms with Crippen LogP contribution in [-0.4, -0.2) is 29.0 Å². The number of aromatic nitrogens is 2. The van der Waals surface area contributed by atoms with Gasteiger partial charge in [0.2, 0.25) is 0 Å². The molecule has 1 saturated carbocycles. The lowest BCUT2D eigenvalue weighted by Crippen LogP contribution is -2.29. The highest BCUT2D eigenvalue weighted by atomic mass is 32.2. The Morgan fingerprint density at radius 3 is 2.46 bits per heavy atom. The SMILES string of the molecule is CC(O)c1ccccc1-c1ccc2[nH]c(C3CC3c3ccc(NS(=O)(=O)C(F)(F)F)cc3)nc2c1. The molecular weight excluding hydrogens is 479 g/mol. The molecule has 3 atom stereocenters. The van der Waals surface area contributed by atoms with Crippen molar-refractivity contribution in [3.63, 3.8) is 0 Å². The fourth-order valence-electron chi connectivity index (χ4n) is 4.37. The van der Waals surface area contributed by atoms with Gasteiger partial charge in [-0.25, -0.2) is 4.98 Å². The lowest BCUT2D eigenvalue weighted by Gasteiger charge is -2.11. The first kappa shape index (κ1) is 23.4. The molecule has 1 aromatic heterocycles. The smallest absolute Gasteiger partial charge is 0.389 e. The van der Waals surface area contributed by atoms with E-state index in [2.05, 4.69) is 4.98 Å². The third-order valence-electron chi connectivity index (χ3n) is 6.26. The fourth-order valence-corrected chi connectivity index (χ4v) is 4.93. The molecule has 3 aromatic carbocycles. The number of halogens is 3. The van der Waals surface area contributed by atoms with Crippen LogP contribution in [0.25, 0.3) is 22.2 Å². The van der Waals surface area contributed by atoms with Gasteiger partial charge in [-0.3, -0.25) is 4.72 Å². The number of hydrogen-bond donors (Lipinski definition) is 3. The lowest BCUT2D eigenvalue weighted by molar-refractivity contribution is -0.0429. The summed E-state index contributed by atoms with van der Waals surface area (Å²) in [5.74, 6) is 1.10. The number of rotatable bonds is 6. The van der Waals surface area contributed by atoms with Crippen molar-refractivity contribution in [2.75, 3.05) is 4.72 Å². The minimum atomic E-state index is -5.45. The highest BCUT2D eigenvalue weighted by molar-refractivity contribution is 7.93. The van der Waals surface area contributed by atoms with E-state index in [-0.39, 0.29) is 17.5 Å². The van der Waals surface area contributed by atoms with Crippen molar-refractivity contribution >= 4 is 26.7 Å². The van der Waals surface area contributed by atoms with E-state index in [1.54, 1.807) is 23.8 Å². The van der Waals surface area contributed by atoms with E-state index in [1.807, 2.05) is 42.5 Å². The molecular formula is C25H22F3N3O3S. The standard InChI is InChI=1S/C25H22F3N3O3S/c1-14(32)18-4-2-3-5-19(18)16-8-11-22-23(12-16)30-24(29-22)21-13-20(21)15-6-9-17(10-7-15)31-35(33,34)25(26,27)28/h2-12,14,20-21,31-32H,13H2,1H3,(H,29,30). The summed E-state index contributed by atoms with van der Waals surface area (Å²) in [6.07, 6.45) is 0.226. The minimum absolute atomic E-state index is 0.133. The minimum Gasteiger partial charge on any atom is -0.389 e. The zero-order valence-electron chi connectivity index (χ0n) is 18.5. The Morgan fingerprint density at radius 2 is 1.77 bits per heavy atom. The Labute approximate surface area is 199 Å². The number of H-pyrrole nitrogens is 1. The summed E-state index contributed by atoms with van der Waals surface area (Å²) in [7, 11) is -5.45. The van der Waals surface area contributed by atoms with Crippen LogP contribution in [0.3, 0.4) is 0 Å². The van der Waals surface area contributed by atoms with Crippen molar-refractivity contribution in [1.29, 1.82) is 0 Å². The second-order valence-corrected chi connectivity index (χ2v) is 10.4. The zero-order chi connectivity index (χ0) is 25.0. The highest BCUT2D eigenvalue weighted by Crippen LogP contribution is 2.54. The summed E-state index contributed by atoms with van der Waals surface area (Å²) >= 11 is 0. The number of aliphatic hydroxyl groups excluding tert-OH is 1. The third-order valence-corrected chi connectivity index (χ3v) is 7.37. The van der Waals surface area contributed by atoms with Crippen LogP contribution in [0.15, 0.2) is 66.7 Å². The number of imidazole rings is 1. The summed E-state index contributed by atoms with van der Waals surface area (Å²) in [4.78, 5) is 8.12. The summed E-state index contributed by atoms with van der Waals surface area (Å²) in [5.41, 5.74) is -0.177. The van der Waals surface area contributed by atoms with E-state index < -0.39 is 21.6 Å². The van der Waals surface area contributed by atoms with Crippen LogP contribution in [0.4, 0.5) is 18.9 Å². The molecule has 10 heteroatoms. The molecule has 0 amide bonds. The molecule has 0 radical (unpaired) electrons. The first-order valence-electron chi connectivity index (χ1n) is 11.0. The summed E-state index contributed by atoms with van der Waals surface area (Å²) in [6, 6.07) is 19.5. The summed E-state index contributed by atoms with van der Waals surface area (Å²) in [5, 5.41) is 10.1. The van der Waals surface area contributed by atoms with Gasteiger partial charge >= 0.3 is 15.5 Å². The van der Waals surface area contributed by atoms with Crippen LogP contribution in [0.5, 0.6) is 0 Å². The molecule has 1 heterocycles. The maximum absolute atomic E-state index is 12.6. The van der Waals surface area contributed by atoms with Crippen molar-refractivity contribution in [3.05, 3.63) is 83.7 Å². The Morgan fingerprint density at radius 1 is 1.06 bits per heavy atom. The molecule has 6 nitrogen and oxygen atoms in total. The second kappa shape index (κ2) is 8.39. The lowest BCUT2D eigenvalue weighted by atomic mass is 9.96. The largest absolute Gasteiger partial charge is 0.516 e. The summed E-state index contributed by atoms with van der Waals surface area (Å²) < 4.78 is 61.8. The average Bonchev–Trinajstić information content (AvgIpc) is 3.49. The van der Waals surface area contributed by atoms with Crippen LogP contribution in [0, 0.1) is 0 Å². The fraction of sp³-hybridized carbons (Fsp3) is 0.240. The molecule has 1 aliphatic rings. The van der Waals surface area contributed by atoms with Gasteiger partial charge in [0.25, 0.3) is 0 Å². The van der Waals surface area contributed by atoms with Gasteiger partial charge in [-0.15, -0.1) is 0 Å². The predicted octanol–water partition coefficient (Wildman–Crippen LogP) is 5.82. The number of aromatic amines is 1. The van der Waals surface area contributed by atoms with E-state index in [1.165, 1.54) is 12.1 Å². The molecule has 0 bridgehead atoms. The van der Waals surface area contributed by atoms with Crippen LogP contribution in [-0.2, 0) is 10.0 Å². The Balaban J connectivity index is 1.34. The molecule has 0 saturated heterocycles. The number of nitrogens with zero attached hydrogens (tertiary/aromatic N) is 1. The second-order valence-electron chi connectivity index (χ2n) is 8.74. The maximum Gasteiger partial charge on any atom is 0.516 e. The van der Waals surface area contributed by atoms with Crippen LogP contribution >= 0.6 is 0 Å². The molecule has 1 aliphatic carbocycles. The monoisotopic (exact) mass is 501 g/mol. The normalized spacial score (nSPS) is 19.0. The number of aliphatic hydroxyl groups is 1. The number of benzene rings is 3. The Hall–Kier alpha value is -3.37. The molecule has 3 unspecified atom stereocenters. The predicted molar refractivity (Wildman–Crippen MR) is 127 cm³/mol. The van der Waals surface area contributed by atoms with Gasteiger partial charge in [0.15, 0.2) is 0 Å². The number of alkyl halides is 3. The van der Waals surface area contributed by atoms with Crippen LogP contribution in [0.2, 0.25) is 0 Å². The Kier molecular flexibility index (Phi) is 5.60. The van der Waals surface area contributed by atoms with Crippen molar-refractivity contribution in [2.24, 2.45) is 0 Å². The first-order chi connectivity index (χ1) is 16.5. The number of nitrogens with one attached hydrogen (secondary N) is 2. The zero-order valence-corrected chi connectivity index (χ0v) is 19.4. The van der Waals surface area contributed by atoms with E-state index in [4.69, 9.17) is 4.98 Å². The third kappa shape index (κ3) is 4.51. The van der Waals surface area contributed by atoms with E-state index in [0.29, 0.717) is 0 Å². The van der Waals surface area contributed by atoms with Crippen molar-refractivity contribution < 1.29 is 26.7 Å². The van der Waals surface area contributed by atoms with Crippen molar-refractivity contribution in [3.8, 4) is 11.1 Å². The number of fused-ring (bicyclic) bond motifs is 1. The van der Waals surface area contributed by atoms with E-state index in [9.17, 15) is 26.7 Å². The van der Waals surface area contributed by atoms with E-state index in [0.717, 1.165) is 45.5 Å². The number of sulfonamides is 1.